The predicted molar refractivity (Wildman–Crippen MR) is 158 cm³/mol. The number of benzene rings is 1. The summed E-state index contributed by atoms with van der Waals surface area (Å²) < 4.78 is 0. The van der Waals surface area contributed by atoms with Crippen LogP contribution >= 0.6 is 11.3 Å². The largest absolute Gasteiger partial charge is 0.481 e. The quantitative estimate of drug-likeness (QED) is 0.320. The first kappa shape index (κ1) is 27.4. The highest BCUT2D eigenvalue weighted by atomic mass is 32.1. The number of nitrogens with one attached hydrogen (secondary N) is 1. The number of anilines is 1. The second-order valence-corrected chi connectivity index (χ2v) is 12.4. The van der Waals surface area contributed by atoms with Gasteiger partial charge < -0.3 is 15.3 Å². The van der Waals surface area contributed by atoms with Crippen LogP contribution in [-0.2, 0) is 9.59 Å². The molecule has 3 aliphatic rings. The van der Waals surface area contributed by atoms with Gasteiger partial charge in [0.2, 0.25) is 5.91 Å². The molecule has 2 aromatic heterocycles. The van der Waals surface area contributed by atoms with E-state index in [0.717, 1.165) is 66.6 Å². The Labute approximate surface area is 243 Å². The molecular formula is C31H35N5O4S. The van der Waals surface area contributed by atoms with Crippen molar-refractivity contribution in [1.29, 1.82) is 0 Å². The van der Waals surface area contributed by atoms with E-state index in [0.29, 0.717) is 24.0 Å². The lowest BCUT2D eigenvalue weighted by atomic mass is 9.90. The van der Waals surface area contributed by atoms with Crippen LogP contribution < -0.4 is 10.2 Å². The Morgan fingerprint density at radius 1 is 1.12 bits per heavy atom. The van der Waals surface area contributed by atoms with E-state index in [1.807, 2.05) is 48.0 Å². The number of rotatable bonds is 10. The van der Waals surface area contributed by atoms with E-state index in [2.05, 4.69) is 10.3 Å². The molecule has 3 amide bonds. The number of nitrogens with zero attached hydrogens (tertiary/aromatic N) is 4. The molecule has 0 spiro atoms. The minimum Gasteiger partial charge on any atom is -0.481 e. The first-order valence-electron chi connectivity index (χ1n) is 14.4. The number of carboxylic acids is 1. The van der Waals surface area contributed by atoms with Crippen LogP contribution in [0.4, 0.5) is 9.93 Å². The maximum atomic E-state index is 13.9. The first-order chi connectivity index (χ1) is 19.9. The fourth-order valence-electron chi connectivity index (χ4n) is 6.15. The van der Waals surface area contributed by atoms with Crippen LogP contribution in [0.25, 0.3) is 22.4 Å². The fourth-order valence-corrected chi connectivity index (χ4v) is 7.05. The summed E-state index contributed by atoms with van der Waals surface area (Å²) in [4.78, 5) is 50.5. The van der Waals surface area contributed by atoms with Gasteiger partial charge in [0, 0.05) is 48.3 Å². The van der Waals surface area contributed by atoms with Gasteiger partial charge in [-0.2, -0.15) is 0 Å². The molecule has 41 heavy (non-hydrogen) atoms. The zero-order valence-corrected chi connectivity index (χ0v) is 24.0. The maximum absolute atomic E-state index is 13.9. The van der Waals surface area contributed by atoms with Crippen molar-refractivity contribution in [3.8, 4) is 22.4 Å². The molecule has 3 heterocycles. The van der Waals surface area contributed by atoms with Crippen LogP contribution in [0.15, 0.2) is 48.0 Å². The molecular weight excluding hydrogens is 538 g/mol. The second-order valence-electron chi connectivity index (χ2n) is 11.5. The minimum atomic E-state index is -0.923. The molecule has 3 fully saturated rings. The molecule has 6 rings (SSSR count). The highest BCUT2D eigenvalue weighted by Crippen LogP contribution is 2.40. The van der Waals surface area contributed by atoms with Crippen molar-refractivity contribution in [2.45, 2.75) is 63.5 Å². The number of carbonyl (C=O) groups excluding carboxylic acids is 2. The van der Waals surface area contributed by atoms with Gasteiger partial charge in [0.05, 0.1) is 23.9 Å². The number of aromatic nitrogens is 2. The lowest BCUT2D eigenvalue weighted by Gasteiger charge is -2.26. The minimum absolute atomic E-state index is 0.0866. The third kappa shape index (κ3) is 5.98. The van der Waals surface area contributed by atoms with Crippen molar-refractivity contribution >= 4 is 34.4 Å². The Hall–Kier alpha value is -3.79. The smallest absolute Gasteiger partial charge is 0.317 e. The normalized spacial score (nSPS) is 19.8. The summed E-state index contributed by atoms with van der Waals surface area (Å²) in [5.41, 5.74) is 4.44. The van der Waals surface area contributed by atoms with E-state index in [9.17, 15) is 19.5 Å². The van der Waals surface area contributed by atoms with E-state index in [1.165, 1.54) is 11.3 Å². The van der Waals surface area contributed by atoms with Crippen molar-refractivity contribution in [1.82, 2.24) is 20.2 Å². The molecule has 2 saturated carbocycles. The number of thiazole rings is 1. The van der Waals surface area contributed by atoms with Gasteiger partial charge in [0.1, 0.15) is 0 Å². The Kier molecular flexibility index (Phi) is 7.75. The molecule has 2 N–H and O–H groups in total. The highest BCUT2D eigenvalue weighted by molar-refractivity contribution is 7.14. The van der Waals surface area contributed by atoms with Gasteiger partial charge in [-0.3, -0.25) is 19.5 Å². The predicted octanol–water partition coefficient (Wildman–Crippen LogP) is 5.73. The number of aliphatic carboxylic acids is 1. The van der Waals surface area contributed by atoms with Gasteiger partial charge in [-0.15, -0.1) is 11.3 Å². The van der Waals surface area contributed by atoms with Gasteiger partial charge in [0.15, 0.2) is 5.13 Å². The summed E-state index contributed by atoms with van der Waals surface area (Å²) >= 11 is 1.44. The number of carboxylic acid groups (broad SMARTS) is 1. The van der Waals surface area contributed by atoms with Crippen LogP contribution in [0.5, 0.6) is 0 Å². The molecule has 2 unspecified atom stereocenters. The van der Waals surface area contributed by atoms with E-state index in [1.54, 1.807) is 16.8 Å². The Bertz CT molecular complexity index is 1430. The average molecular weight is 574 g/mol. The molecule has 10 heteroatoms. The van der Waals surface area contributed by atoms with Crippen LogP contribution in [0.3, 0.4) is 0 Å². The van der Waals surface area contributed by atoms with Crippen molar-refractivity contribution in [3.05, 3.63) is 53.7 Å². The summed E-state index contributed by atoms with van der Waals surface area (Å²) in [6, 6.07) is 11.8. The molecule has 3 aromatic rings. The number of carbonyl (C=O) groups is 3. The van der Waals surface area contributed by atoms with E-state index in [-0.39, 0.29) is 30.4 Å². The lowest BCUT2D eigenvalue weighted by Crippen LogP contribution is -2.39. The molecule has 0 bridgehead atoms. The molecule has 214 valence electrons. The maximum Gasteiger partial charge on any atom is 0.317 e. The van der Waals surface area contributed by atoms with Crippen LogP contribution in [-0.4, -0.2) is 57.5 Å². The third-order valence-corrected chi connectivity index (χ3v) is 9.31. The van der Waals surface area contributed by atoms with E-state index in [4.69, 9.17) is 4.98 Å². The average Bonchev–Trinajstić information content (AvgIpc) is 3.30. The lowest BCUT2D eigenvalue weighted by molar-refractivity contribution is -0.141. The third-order valence-electron chi connectivity index (χ3n) is 8.47. The summed E-state index contributed by atoms with van der Waals surface area (Å²) in [5, 5.41) is 15.2. The number of hydrogen-bond acceptors (Lipinski definition) is 6. The topological polar surface area (TPSA) is 116 Å². The summed E-state index contributed by atoms with van der Waals surface area (Å²) in [6.07, 6.45) is 8.62. The molecule has 0 radical (unpaired) electrons. The van der Waals surface area contributed by atoms with Gasteiger partial charge in [-0.1, -0.05) is 56.0 Å². The van der Waals surface area contributed by atoms with Crippen LogP contribution in [0.1, 0.15) is 63.1 Å². The summed E-state index contributed by atoms with van der Waals surface area (Å²) in [7, 11) is 1.77. The molecule has 2 atom stereocenters. The number of urea groups is 1. The number of hydrogen-bond donors (Lipinski definition) is 2. The van der Waals surface area contributed by atoms with Crippen molar-refractivity contribution < 1.29 is 19.5 Å². The van der Waals surface area contributed by atoms with E-state index >= 15 is 0 Å². The van der Waals surface area contributed by atoms with Gasteiger partial charge in [0.25, 0.3) is 0 Å². The summed E-state index contributed by atoms with van der Waals surface area (Å²) in [6.45, 7) is 0.577. The molecule has 2 aliphatic carbocycles. The van der Waals surface area contributed by atoms with Crippen molar-refractivity contribution in [3.63, 3.8) is 0 Å². The Balaban J connectivity index is 1.25. The fraction of sp³-hybridized carbons (Fsp3) is 0.452. The molecule has 1 aromatic carbocycles. The second kappa shape index (κ2) is 11.6. The Morgan fingerprint density at radius 2 is 1.88 bits per heavy atom. The zero-order chi connectivity index (χ0) is 28.5. The van der Waals surface area contributed by atoms with Gasteiger partial charge in [-0.25, -0.2) is 9.78 Å². The first-order valence-corrected chi connectivity index (χ1v) is 15.3. The molecule has 9 nitrogen and oxygen atoms in total. The van der Waals surface area contributed by atoms with Crippen molar-refractivity contribution in [2.75, 3.05) is 18.5 Å². The number of pyridine rings is 1. The van der Waals surface area contributed by atoms with Gasteiger partial charge in [-0.05, 0) is 36.8 Å². The Morgan fingerprint density at radius 3 is 2.51 bits per heavy atom. The zero-order valence-electron chi connectivity index (χ0n) is 23.2. The van der Waals surface area contributed by atoms with Gasteiger partial charge >= 0.3 is 12.0 Å². The van der Waals surface area contributed by atoms with Crippen molar-refractivity contribution in [2.24, 2.45) is 11.8 Å². The SMILES string of the molecule is CN1CC(c2ccc(-c3ccccc3-c3csc(N(C(=O)C(CC(=O)O)CC4CCCC4)C4CC4)n3)cn2)NC1=O. The monoisotopic (exact) mass is 573 g/mol. The van der Waals surface area contributed by atoms with Crippen LogP contribution in [0.2, 0.25) is 0 Å². The summed E-state index contributed by atoms with van der Waals surface area (Å²) in [5.74, 6) is -1.12. The standard InChI is InChI=1S/C31H35N5O4S/c1-35-17-26(33-30(35)40)25-13-10-20(16-32-25)23-8-4-5-9-24(23)27-18-41-31(34-27)36(22-11-12-22)29(39)21(15-28(37)38)14-19-6-2-3-7-19/h4-5,8-10,13,16,18-19,21-22,26H,2-3,6-7,11-12,14-15,17H2,1H3,(H,33,40)(H,37,38). The number of likely N-dealkylation sites (N-methyl/N-ethyl adjacent to an activating group) is 1. The molecule has 1 aliphatic heterocycles. The molecule has 1 saturated heterocycles. The highest BCUT2D eigenvalue weighted by Gasteiger charge is 2.40. The van der Waals surface area contributed by atoms with E-state index < -0.39 is 11.9 Å². The number of amides is 3. The van der Waals surface area contributed by atoms with Crippen LogP contribution in [0, 0.1) is 11.8 Å².